The Bertz CT molecular complexity index is 724. The Morgan fingerprint density at radius 1 is 0.719 bits per heavy atom. The Labute approximate surface area is 185 Å². The van der Waals surface area contributed by atoms with Gasteiger partial charge in [0.2, 0.25) is 17.7 Å². The quantitative estimate of drug-likeness (QED) is 0.159. The topological polar surface area (TPSA) is 225 Å². The fourth-order valence-corrected chi connectivity index (χ4v) is 2.53. The molecule has 0 aromatic carbocycles. The summed E-state index contributed by atoms with van der Waals surface area (Å²) >= 11 is 0. The number of carbonyl (C=O) groups is 6. The van der Waals surface area contributed by atoms with Crippen LogP contribution in [0, 0.1) is 11.8 Å². The molecular weight excluding hydrogens is 428 g/mol. The number of carboxylic acids is 3. The van der Waals surface area contributed by atoms with Gasteiger partial charge >= 0.3 is 17.9 Å². The van der Waals surface area contributed by atoms with Crippen LogP contribution < -0.4 is 21.7 Å². The molecule has 0 bridgehead atoms. The van der Waals surface area contributed by atoms with Gasteiger partial charge in [-0.2, -0.15) is 0 Å². The van der Waals surface area contributed by atoms with Crippen molar-refractivity contribution in [3.05, 3.63) is 0 Å². The standard InChI is InChI=1S/C19H32N4O9/c1-8(2)14(20)18(30)22-11(7-13(26)27)17(29)21-10(5-6-12(24)25)16(28)23-15(9(3)4)19(31)32/h8-11,14-15H,5-7,20H2,1-4H3,(H,21,29)(H,22,30)(H,23,28)(H,24,25)(H,26,27)(H,31,32). The third-order valence-electron chi connectivity index (χ3n) is 4.54. The minimum absolute atomic E-state index is 0.304. The van der Waals surface area contributed by atoms with Gasteiger partial charge in [-0.05, 0) is 18.3 Å². The second kappa shape index (κ2) is 13.2. The molecule has 0 rings (SSSR count). The number of hydrogen-bond acceptors (Lipinski definition) is 7. The summed E-state index contributed by atoms with van der Waals surface area (Å²) in [6.45, 7) is 6.38. The highest BCUT2D eigenvalue weighted by Gasteiger charge is 2.32. The number of rotatable bonds is 14. The number of carbonyl (C=O) groups excluding carboxylic acids is 3. The Morgan fingerprint density at radius 2 is 1.22 bits per heavy atom. The van der Waals surface area contributed by atoms with Crippen LogP contribution in [0.2, 0.25) is 0 Å². The predicted octanol–water partition coefficient (Wildman–Crippen LogP) is -1.50. The van der Waals surface area contributed by atoms with Crippen molar-refractivity contribution in [3.63, 3.8) is 0 Å². The van der Waals surface area contributed by atoms with Gasteiger partial charge in [0, 0.05) is 6.42 Å². The third kappa shape index (κ3) is 10.2. The number of amides is 3. The maximum atomic E-state index is 12.6. The fourth-order valence-electron chi connectivity index (χ4n) is 2.53. The lowest BCUT2D eigenvalue weighted by atomic mass is 10.0. The molecule has 0 saturated carbocycles. The molecule has 0 spiro atoms. The zero-order chi connectivity index (χ0) is 25.2. The summed E-state index contributed by atoms with van der Waals surface area (Å²) in [7, 11) is 0. The Balaban J connectivity index is 5.60. The Morgan fingerprint density at radius 3 is 1.62 bits per heavy atom. The highest BCUT2D eigenvalue weighted by Crippen LogP contribution is 2.07. The van der Waals surface area contributed by atoms with Crippen LogP contribution in [0.15, 0.2) is 0 Å². The third-order valence-corrected chi connectivity index (χ3v) is 4.54. The number of carboxylic acid groups (broad SMARTS) is 3. The van der Waals surface area contributed by atoms with Crippen LogP contribution >= 0.6 is 0 Å². The molecule has 4 unspecified atom stereocenters. The second-order valence-corrected chi connectivity index (χ2v) is 7.99. The first-order valence-corrected chi connectivity index (χ1v) is 10.00. The summed E-state index contributed by atoms with van der Waals surface area (Å²) in [6, 6.07) is -5.39. The average Bonchev–Trinajstić information content (AvgIpc) is 2.66. The Hall–Kier alpha value is -3.22. The second-order valence-electron chi connectivity index (χ2n) is 7.99. The van der Waals surface area contributed by atoms with Crippen molar-refractivity contribution in [1.82, 2.24) is 16.0 Å². The van der Waals surface area contributed by atoms with Crippen molar-refractivity contribution in [2.45, 2.75) is 71.1 Å². The zero-order valence-corrected chi connectivity index (χ0v) is 18.5. The lowest BCUT2D eigenvalue weighted by Crippen LogP contribution is -2.58. The van der Waals surface area contributed by atoms with Crippen LogP contribution in [0.5, 0.6) is 0 Å². The normalized spacial score (nSPS) is 14.7. The molecule has 0 radical (unpaired) electrons. The largest absolute Gasteiger partial charge is 0.481 e. The van der Waals surface area contributed by atoms with Crippen molar-refractivity contribution < 1.29 is 44.1 Å². The van der Waals surface area contributed by atoms with Gasteiger partial charge in [-0.15, -0.1) is 0 Å². The molecule has 0 aromatic rings. The summed E-state index contributed by atoms with van der Waals surface area (Å²) in [5.41, 5.74) is 5.71. The molecule has 0 heterocycles. The summed E-state index contributed by atoms with van der Waals surface area (Å²) in [5, 5.41) is 33.9. The monoisotopic (exact) mass is 460 g/mol. The first-order valence-electron chi connectivity index (χ1n) is 10.00. The van der Waals surface area contributed by atoms with Crippen LogP contribution in [-0.4, -0.2) is 75.1 Å². The van der Waals surface area contributed by atoms with Crippen LogP contribution in [0.3, 0.4) is 0 Å². The maximum absolute atomic E-state index is 12.6. The molecule has 0 aliphatic rings. The van der Waals surface area contributed by atoms with Gasteiger partial charge in [-0.25, -0.2) is 4.79 Å². The first-order chi connectivity index (χ1) is 14.7. The van der Waals surface area contributed by atoms with Crippen molar-refractivity contribution >= 4 is 35.6 Å². The van der Waals surface area contributed by atoms with E-state index in [1.165, 1.54) is 0 Å². The predicted molar refractivity (Wildman–Crippen MR) is 110 cm³/mol. The molecule has 3 amide bonds. The van der Waals surface area contributed by atoms with Gasteiger partial charge < -0.3 is 37.0 Å². The molecule has 13 nitrogen and oxygen atoms in total. The van der Waals surface area contributed by atoms with Gasteiger partial charge in [0.05, 0.1) is 12.5 Å². The maximum Gasteiger partial charge on any atom is 0.326 e. The molecule has 8 N–H and O–H groups in total. The molecule has 0 fully saturated rings. The van der Waals surface area contributed by atoms with Gasteiger partial charge in [-0.1, -0.05) is 27.7 Å². The lowest BCUT2D eigenvalue weighted by molar-refractivity contribution is -0.144. The molecule has 182 valence electrons. The van der Waals surface area contributed by atoms with E-state index in [1.807, 2.05) is 0 Å². The summed E-state index contributed by atoms with van der Waals surface area (Å²) in [4.78, 5) is 70.8. The Kier molecular flexibility index (Phi) is 11.9. The molecular formula is C19H32N4O9. The number of hydrogen-bond donors (Lipinski definition) is 7. The van der Waals surface area contributed by atoms with E-state index in [-0.39, 0.29) is 5.92 Å². The van der Waals surface area contributed by atoms with Gasteiger partial charge in [0.25, 0.3) is 0 Å². The van der Waals surface area contributed by atoms with E-state index in [1.54, 1.807) is 27.7 Å². The lowest BCUT2D eigenvalue weighted by Gasteiger charge is -2.25. The summed E-state index contributed by atoms with van der Waals surface area (Å²) < 4.78 is 0. The highest BCUT2D eigenvalue weighted by atomic mass is 16.4. The SMILES string of the molecule is CC(C)C(N)C(=O)NC(CC(=O)O)C(=O)NC(CCC(=O)O)C(=O)NC(C(=O)O)C(C)C. The summed E-state index contributed by atoms with van der Waals surface area (Å²) in [5.74, 6) is -7.62. The number of nitrogens with one attached hydrogen (secondary N) is 3. The van der Waals surface area contributed by atoms with Crippen LogP contribution in [0.4, 0.5) is 0 Å². The number of nitrogens with two attached hydrogens (primary N) is 1. The molecule has 13 heteroatoms. The van der Waals surface area contributed by atoms with Crippen molar-refractivity contribution in [1.29, 1.82) is 0 Å². The van der Waals surface area contributed by atoms with E-state index in [0.717, 1.165) is 0 Å². The molecule has 32 heavy (non-hydrogen) atoms. The van der Waals surface area contributed by atoms with Crippen LogP contribution in [0.25, 0.3) is 0 Å². The van der Waals surface area contributed by atoms with Crippen molar-refractivity contribution in [2.75, 3.05) is 0 Å². The zero-order valence-electron chi connectivity index (χ0n) is 18.5. The number of aliphatic carboxylic acids is 3. The van der Waals surface area contributed by atoms with Crippen LogP contribution in [-0.2, 0) is 28.8 Å². The van der Waals surface area contributed by atoms with E-state index in [0.29, 0.717) is 0 Å². The first kappa shape index (κ1) is 28.8. The van der Waals surface area contributed by atoms with Gasteiger partial charge in [0.15, 0.2) is 0 Å². The van der Waals surface area contributed by atoms with Gasteiger partial charge in [0.1, 0.15) is 18.1 Å². The highest BCUT2D eigenvalue weighted by molar-refractivity contribution is 5.95. The minimum Gasteiger partial charge on any atom is -0.481 e. The smallest absolute Gasteiger partial charge is 0.326 e. The van der Waals surface area contributed by atoms with Crippen molar-refractivity contribution in [3.8, 4) is 0 Å². The molecule has 0 aliphatic carbocycles. The van der Waals surface area contributed by atoms with E-state index in [4.69, 9.17) is 15.9 Å². The minimum atomic E-state index is -1.59. The van der Waals surface area contributed by atoms with Gasteiger partial charge in [-0.3, -0.25) is 24.0 Å². The molecule has 0 saturated heterocycles. The van der Waals surface area contributed by atoms with E-state index in [2.05, 4.69) is 16.0 Å². The average molecular weight is 460 g/mol. The fraction of sp³-hybridized carbons (Fsp3) is 0.684. The summed E-state index contributed by atoms with van der Waals surface area (Å²) in [6.07, 6.45) is -1.75. The van der Waals surface area contributed by atoms with E-state index < -0.39 is 85.0 Å². The van der Waals surface area contributed by atoms with E-state index >= 15 is 0 Å². The van der Waals surface area contributed by atoms with Crippen molar-refractivity contribution in [2.24, 2.45) is 17.6 Å². The van der Waals surface area contributed by atoms with E-state index in [9.17, 15) is 33.9 Å². The van der Waals surface area contributed by atoms with Crippen LogP contribution in [0.1, 0.15) is 47.0 Å². The molecule has 0 aromatic heterocycles. The molecule has 4 atom stereocenters. The molecule has 0 aliphatic heterocycles.